The molecule has 3 saturated heterocycles. The topological polar surface area (TPSA) is 98.8 Å². The van der Waals surface area contributed by atoms with Gasteiger partial charge in [0.15, 0.2) is 0 Å². The zero-order valence-corrected chi connectivity index (χ0v) is 25.4. The Morgan fingerprint density at radius 2 is 1.53 bits per heavy atom. The van der Waals surface area contributed by atoms with Gasteiger partial charge in [-0.3, -0.25) is 9.59 Å². The molecule has 234 valence electrons. The number of hydrogen-bond acceptors (Lipinski definition) is 9. The predicted octanol–water partition coefficient (Wildman–Crippen LogP) is 4.93. The smallest absolute Gasteiger partial charge is 0.302 e. The predicted molar refractivity (Wildman–Crippen MR) is 157 cm³/mol. The fraction of sp³-hybridized carbons (Fsp3) is 0.588. The third-order valence-corrected chi connectivity index (χ3v) is 8.56. The summed E-state index contributed by atoms with van der Waals surface area (Å²) in [5.74, 6) is -0.806. The number of carbonyl (C=O) groups is 2. The molecule has 0 amide bonds. The van der Waals surface area contributed by atoms with Gasteiger partial charge in [-0.2, -0.15) is 0 Å². The van der Waals surface area contributed by atoms with Crippen LogP contribution in [0.1, 0.15) is 64.0 Å². The number of rotatable bonds is 11. The van der Waals surface area contributed by atoms with E-state index >= 15 is 0 Å². The lowest BCUT2D eigenvalue weighted by atomic mass is 9.79. The molecule has 9 nitrogen and oxygen atoms in total. The zero-order chi connectivity index (χ0) is 30.2. The first kappa shape index (κ1) is 31.6. The van der Waals surface area contributed by atoms with Gasteiger partial charge in [-0.1, -0.05) is 60.7 Å². The molecule has 0 aromatic heterocycles. The van der Waals surface area contributed by atoms with E-state index < -0.39 is 29.7 Å². The Labute approximate surface area is 254 Å². The molecule has 0 spiro atoms. The lowest BCUT2D eigenvalue weighted by Gasteiger charge is -2.53. The van der Waals surface area contributed by atoms with Gasteiger partial charge in [0.2, 0.25) is 0 Å². The summed E-state index contributed by atoms with van der Waals surface area (Å²) >= 11 is 0. The minimum atomic E-state index is -0.583. The van der Waals surface area contributed by atoms with Gasteiger partial charge in [-0.15, -0.1) is 0 Å². The maximum Gasteiger partial charge on any atom is 0.302 e. The van der Waals surface area contributed by atoms with E-state index in [0.717, 1.165) is 11.1 Å². The van der Waals surface area contributed by atoms with Crippen LogP contribution < -0.4 is 0 Å². The Morgan fingerprint density at radius 3 is 2.21 bits per heavy atom. The molecule has 0 aliphatic carbocycles. The lowest BCUT2D eigenvalue weighted by Crippen LogP contribution is -2.63. The van der Waals surface area contributed by atoms with Gasteiger partial charge in [0, 0.05) is 33.3 Å². The summed E-state index contributed by atoms with van der Waals surface area (Å²) < 4.78 is 43.4. The van der Waals surface area contributed by atoms with E-state index in [2.05, 4.69) is 31.2 Å². The first-order valence-electron chi connectivity index (χ1n) is 15.4. The van der Waals surface area contributed by atoms with Crippen LogP contribution in [0.25, 0.3) is 0 Å². The summed E-state index contributed by atoms with van der Waals surface area (Å²) in [7, 11) is 0. The van der Waals surface area contributed by atoms with Crippen molar-refractivity contribution < 1.29 is 42.7 Å². The van der Waals surface area contributed by atoms with Gasteiger partial charge < -0.3 is 33.2 Å². The highest BCUT2D eigenvalue weighted by atomic mass is 16.6. The minimum absolute atomic E-state index is 0.00999. The Bertz CT molecular complexity index is 1170. The number of fused-ring (bicyclic) bond motifs is 2. The summed E-state index contributed by atoms with van der Waals surface area (Å²) in [5, 5.41) is 0. The summed E-state index contributed by atoms with van der Waals surface area (Å²) in [6.45, 7) is 6.39. The number of ether oxygens (including phenoxy) is 7. The van der Waals surface area contributed by atoms with Gasteiger partial charge in [-0.05, 0) is 37.3 Å². The van der Waals surface area contributed by atoms with Crippen LogP contribution in [-0.2, 0) is 56.0 Å². The molecule has 43 heavy (non-hydrogen) atoms. The Morgan fingerprint density at radius 1 is 0.837 bits per heavy atom. The maximum atomic E-state index is 11.8. The molecule has 0 bridgehead atoms. The molecule has 0 unspecified atom stereocenters. The van der Waals surface area contributed by atoms with Crippen LogP contribution in [0.5, 0.6) is 0 Å². The standard InChI is InChI=1S/C34H44O9/c1-23(35)38-22-32-27(40-24(2)36)14-15-29-30(41-32)18-33-34(3,43-29)19-31(39-21-26-12-8-5-9-13-26)28(42-33)16-17-37-20-25-10-6-4-7-11-25/h4-13,27-33H,14-22H2,1-3H3/t27-,28-,29+,30-,31+,32+,33+,34-/m0/s1. The van der Waals surface area contributed by atoms with Crippen LogP contribution in [0.3, 0.4) is 0 Å². The highest BCUT2D eigenvalue weighted by molar-refractivity contribution is 5.66. The summed E-state index contributed by atoms with van der Waals surface area (Å²) in [5.41, 5.74) is 1.65. The monoisotopic (exact) mass is 596 g/mol. The average Bonchev–Trinajstić information content (AvgIpc) is 3.14. The molecular weight excluding hydrogens is 552 g/mol. The zero-order valence-electron chi connectivity index (χ0n) is 25.4. The molecule has 0 radical (unpaired) electrons. The van der Waals surface area contributed by atoms with Crippen molar-refractivity contribution in [3.8, 4) is 0 Å². The van der Waals surface area contributed by atoms with Crippen LogP contribution in [0.15, 0.2) is 60.7 Å². The van der Waals surface area contributed by atoms with Gasteiger partial charge in [0.1, 0.15) is 18.8 Å². The minimum Gasteiger partial charge on any atom is -0.463 e. The molecule has 5 rings (SSSR count). The Hall–Kier alpha value is -2.82. The summed E-state index contributed by atoms with van der Waals surface area (Å²) in [6.07, 6.45) is 0.921. The van der Waals surface area contributed by atoms with E-state index in [1.807, 2.05) is 36.4 Å². The van der Waals surface area contributed by atoms with E-state index in [1.54, 1.807) is 0 Å². The molecule has 9 heteroatoms. The second-order valence-corrected chi connectivity index (χ2v) is 12.0. The van der Waals surface area contributed by atoms with Gasteiger partial charge in [0.25, 0.3) is 0 Å². The first-order chi connectivity index (χ1) is 20.8. The van der Waals surface area contributed by atoms with Crippen molar-refractivity contribution in [2.24, 2.45) is 0 Å². The van der Waals surface area contributed by atoms with Crippen LogP contribution in [0, 0.1) is 0 Å². The number of esters is 2. The van der Waals surface area contributed by atoms with Crippen LogP contribution in [0.4, 0.5) is 0 Å². The van der Waals surface area contributed by atoms with Crippen molar-refractivity contribution in [1.29, 1.82) is 0 Å². The quantitative estimate of drug-likeness (QED) is 0.264. The molecule has 3 aliphatic rings. The molecule has 3 fully saturated rings. The van der Waals surface area contributed by atoms with Gasteiger partial charge in [0.05, 0.1) is 49.3 Å². The fourth-order valence-electron chi connectivity index (χ4n) is 6.39. The fourth-order valence-corrected chi connectivity index (χ4v) is 6.39. The average molecular weight is 597 g/mol. The van der Waals surface area contributed by atoms with Crippen LogP contribution in [0.2, 0.25) is 0 Å². The molecule has 0 N–H and O–H groups in total. The van der Waals surface area contributed by atoms with E-state index in [4.69, 9.17) is 33.2 Å². The Balaban J connectivity index is 1.27. The second kappa shape index (κ2) is 14.8. The number of carbonyl (C=O) groups excluding carboxylic acids is 2. The summed E-state index contributed by atoms with van der Waals surface area (Å²) in [4.78, 5) is 23.4. The second-order valence-electron chi connectivity index (χ2n) is 12.0. The highest BCUT2D eigenvalue weighted by Gasteiger charge is 2.54. The summed E-state index contributed by atoms with van der Waals surface area (Å²) in [6, 6.07) is 20.3. The third kappa shape index (κ3) is 8.64. The van der Waals surface area contributed by atoms with E-state index in [0.29, 0.717) is 51.9 Å². The van der Waals surface area contributed by atoms with Crippen molar-refractivity contribution in [3.05, 3.63) is 71.8 Å². The third-order valence-electron chi connectivity index (χ3n) is 8.56. The molecule has 2 aromatic carbocycles. The Kier molecular flexibility index (Phi) is 10.9. The van der Waals surface area contributed by atoms with Crippen LogP contribution in [-0.4, -0.2) is 73.5 Å². The normalized spacial score (nSPS) is 32.1. The molecular formula is C34H44O9. The van der Waals surface area contributed by atoms with Crippen molar-refractivity contribution in [2.75, 3.05) is 13.2 Å². The largest absolute Gasteiger partial charge is 0.463 e. The molecule has 2 aromatic rings. The lowest BCUT2D eigenvalue weighted by molar-refractivity contribution is -0.300. The van der Waals surface area contributed by atoms with E-state index in [1.165, 1.54) is 13.8 Å². The van der Waals surface area contributed by atoms with Gasteiger partial charge >= 0.3 is 11.9 Å². The van der Waals surface area contributed by atoms with Crippen LogP contribution >= 0.6 is 0 Å². The molecule has 3 heterocycles. The van der Waals surface area contributed by atoms with E-state index in [-0.39, 0.29) is 37.1 Å². The molecule has 8 atom stereocenters. The molecule has 3 aliphatic heterocycles. The van der Waals surface area contributed by atoms with Crippen molar-refractivity contribution in [2.45, 2.75) is 114 Å². The number of benzene rings is 2. The molecule has 0 saturated carbocycles. The first-order valence-corrected chi connectivity index (χ1v) is 15.4. The maximum absolute atomic E-state index is 11.8. The van der Waals surface area contributed by atoms with Crippen molar-refractivity contribution >= 4 is 11.9 Å². The van der Waals surface area contributed by atoms with E-state index in [9.17, 15) is 9.59 Å². The van der Waals surface area contributed by atoms with Crippen molar-refractivity contribution in [1.82, 2.24) is 0 Å². The number of hydrogen-bond donors (Lipinski definition) is 0. The van der Waals surface area contributed by atoms with Crippen molar-refractivity contribution in [3.63, 3.8) is 0 Å². The highest BCUT2D eigenvalue weighted by Crippen LogP contribution is 2.44. The van der Waals surface area contributed by atoms with Gasteiger partial charge in [-0.25, -0.2) is 0 Å². The SMILES string of the molecule is CC(=O)OC[C@H]1O[C@H]2C[C@H]3O[C@@H](CCOCc4ccccc4)[C@H](OCc4ccccc4)C[C@]3(C)O[C@@H]2CC[C@@H]1OC(C)=O.